The average Bonchev–Trinajstić information content (AvgIpc) is 2.75. The predicted molar refractivity (Wildman–Crippen MR) is 121 cm³/mol. The normalized spacial score (nSPS) is 10.6. The van der Waals surface area contributed by atoms with Crippen LogP contribution in [0, 0.1) is 6.92 Å². The number of rotatable bonds is 7. The first kappa shape index (κ1) is 21.3. The quantitative estimate of drug-likeness (QED) is 0.397. The topological polar surface area (TPSA) is 79.8 Å². The van der Waals surface area contributed by atoms with Crippen LogP contribution in [0.1, 0.15) is 21.5 Å². The number of carbonyl (C=O) groups is 2. The number of carbonyl (C=O) groups excluding carboxylic acids is 2. The van der Waals surface area contributed by atoms with Gasteiger partial charge in [0, 0.05) is 21.3 Å². The Balaban J connectivity index is 1.62. The lowest BCUT2D eigenvalue weighted by molar-refractivity contribution is -0.118. The summed E-state index contributed by atoms with van der Waals surface area (Å²) in [6, 6.07) is 21.6. The fourth-order valence-corrected chi connectivity index (χ4v) is 2.99. The number of hydrogen-bond acceptors (Lipinski definition) is 4. The van der Waals surface area contributed by atoms with E-state index in [1.54, 1.807) is 42.5 Å². The first-order valence-electron chi connectivity index (χ1n) is 9.19. The van der Waals surface area contributed by atoms with E-state index in [1.165, 1.54) is 6.21 Å². The summed E-state index contributed by atoms with van der Waals surface area (Å²) in [6.07, 6.45) is 1.47. The van der Waals surface area contributed by atoms with Crippen molar-refractivity contribution in [3.8, 4) is 5.75 Å². The number of nitrogens with one attached hydrogen (secondary N) is 2. The third kappa shape index (κ3) is 6.02. The van der Waals surface area contributed by atoms with Gasteiger partial charge in [0.25, 0.3) is 11.8 Å². The van der Waals surface area contributed by atoms with Crippen molar-refractivity contribution in [1.82, 2.24) is 5.43 Å². The van der Waals surface area contributed by atoms with Gasteiger partial charge in [-0.25, -0.2) is 5.43 Å². The lowest BCUT2D eigenvalue weighted by Gasteiger charge is -2.11. The standard InChI is InChI=1S/C23H20BrN3O3/c1-16-7-5-6-10-20(16)26-22(28)15-30-21-12-11-19(24)13-18(21)14-25-27-23(29)17-8-3-2-4-9-17/h2-14H,15H2,1H3,(H,26,28)(H,27,29)/b25-14+. The van der Waals surface area contributed by atoms with Crippen LogP contribution in [0.5, 0.6) is 5.75 Å². The first-order chi connectivity index (χ1) is 14.5. The third-order valence-electron chi connectivity index (χ3n) is 4.16. The molecule has 3 rings (SSSR count). The van der Waals surface area contributed by atoms with Crippen LogP contribution in [-0.4, -0.2) is 24.6 Å². The molecular formula is C23H20BrN3O3. The number of amides is 2. The lowest BCUT2D eigenvalue weighted by atomic mass is 10.2. The van der Waals surface area contributed by atoms with Crippen LogP contribution in [0.25, 0.3) is 0 Å². The van der Waals surface area contributed by atoms with E-state index >= 15 is 0 Å². The molecule has 0 heterocycles. The zero-order valence-corrected chi connectivity index (χ0v) is 17.8. The van der Waals surface area contributed by atoms with Gasteiger partial charge in [0.1, 0.15) is 5.75 Å². The van der Waals surface area contributed by atoms with Crippen molar-refractivity contribution in [3.63, 3.8) is 0 Å². The van der Waals surface area contributed by atoms with E-state index in [2.05, 4.69) is 31.8 Å². The molecule has 7 heteroatoms. The molecule has 3 aromatic rings. The number of anilines is 1. The van der Waals surface area contributed by atoms with Crippen LogP contribution < -0.4 is 15.5 Å². The van der Waals surface area contributed by atoms with Crippen LogP contribution in [0.4, 0.5) is 5.69 Å². The molecule has 0 fully saturated rings. The van der Waals surface area contributed by atoms with E-state index in [0.29, 0.717) is 16.9 Å². The highest BCUT2D eigenvalue weighted by molar-refractivity contribution is 9.10. The molecule has 0 aromatic heterocycles. The van der Waals surface area contributed by atoms with Crippen LogP contribution in [0.2, 0.25) is 0 Å². The molecule has 0 radical (unpaired) electrons. The van der Waals surface area contributed by atoms with E-state index in [1.807, 2.05) is 37.3 Å². The van der Waals surface area contributed by atoms with Gasteiger partial charge in [-0.15, -0.1) is 0 Å². The Hall–Kier alpha value is -3.45. The molecule has 0 aliphatic rings. The van der Waals surface area contributed by atoms with Gasteiger partial charge in [0.15, 0.2) is 6.61 Å². The number of aryl methyl sites for hydroxylation is 1. The Labute approximate surface area is 183 Å². The summed E-state index contributed by atoms with van der Waals surface area (Å²) < 4.78 is 6.49. The Bertz CT molecular complexity index is 1070. The Kier molecular flexibility index (Phi) is 7.34. The molecule has 0 aliphatic heterocycles. The molecule has 6 nitrogen and oxygen atoms in total. The summed E-state index contributed by atoms with van der Waals surface area (Å²) in [6.45, 7) is 1.76. The summed E-state index contributed by atoms with van der Waals surface area (Å²) in [4.78, 5) is 24.3. The number of halogens is 1. The molecule has 0 bridgehead atoms. The number of ether oxygens (including phenoxy) is 1. The van der Waals surface area contributed by atoms with Gasteiger partial charge < -0.3 is 10.1 Å². The zero-order valence-electron chi connectivity index (χ0n) is 16.3. The number of nitrogens with zero attached hydrogens (tertiary/aromatic N) is 1. The summed E-state index contributed by atoms with van der Waals surface area (Å²) >= 11 is 3.40. The second-order valence-corrected chi connectivity index (χ2v) is 7.31. The maximum atomic E-state index is 12.2. The fourth-order valence-electron chi connectivity index (χ4n) is 2.61. The third-order valence-corrected chi connectivity index (χ3v) is 4.65. The van der Waals surface area contributed by atoms with Gasteiger partial charge in [-0.1, -0.05) is 52.3 Å². The van der Waals surface area contributed by atoms with Crippen molar-refractivity contribution in [2.45, 2.75) is 6.92 Å². The molecule has 0 unspecified atom stereocenters. The fraction of sp³-hybridized carbons (Fsp3) is 0.0870. The summed E-state index contributed by atoms with van der Waals surface area (Å²) in [7, 11) is 0. The van der Waals surface area contributed by atoms with Crippen LogP contribution in [-0.2, 0) is 4.79 Å². The summed E-state index contributed by atoms with van der Waals surface area (Å²) in [5.41, 5.74) is 5.31. The van der Waals surface area contributed by atoms with Crippen LogP contribution in [0.3, 0.4) is 0 Å². The maximum Gasteiger partial charge on any atom is 0.271 e. The first-order valence-corrected chi connectivity index (χ1v) is 9.98. The number of hydrogen-bond donors (Lipinski definition) is 2. The number of benzene rings is 3. The van der Waals surface area contributed by atoms with Crippen LogP contribution in [0.15, 0.2) is 82.4 Å². The smallest absolute Gasteiger partial charge is 0.271 e. The van der Waals surface area contributed by atoms with Gasteiger partial charge in [-0.2, -0.15) is 5.10 Å². The molecule has 3 aromatic carbocycles. The molecular weight excluding hydrogens is 446 g/mol. The molecule has 2 amide bonds. The molecule has 2 N–H and O–H groups in total. The SMILES string of the molecule is Cc1ccccc1NC(=O)COc1ccc(Br)cc1/C=N/NC(=O)c1ccccc1. The second kappa shape index (κ2) is 10.4. The molecule has 30 heavy (non-hydrogen) atoms. The largest absolute Gasteiger partial charge is 0.483 e. The monoisotopic (exact) mass is 465 g/mol. The van der Waals surface area contributed by atoms with Crippen molar-refractivity contribution < 1.29 is 14.3 Å². The Morgan fingerprint density at radius 3 is 2.53 bits per heavy atom. The Morgan fingerprint density at radius 1 is 1.03 bits per heavy atom. The molecule has 152 valence electrons. The lowest BCUT2D eigenvalue weighted by Crippen LogP contribution is -2.21. The number of hydrazone groups is 1. The molecule has 0 saturated heterocycles. The van der Waals surface area contributed by atoms with Crippen molar-refractivity contribution in [1.29, 1.82) is 0 Å². The van der Waals surface area contributed by atoms with Gasteiger partial charge in [-0.3, -0.25) is 9.59 Å². The van der Waals surface area contributed by atoms with Gasteiger partial charge >= 0.3 is 0 Å². The highest BCUT2D eigenvalue weighted by Gasteiger charge is 2.09. The molecule has 0 saturated carbocycles. The van der Waals surface area contributed by atoms with Gasteiger partial charge in [0.05, 0.1) is 6.21 Å². The highest BCUT2D eigenvalue weighted by Crippen LogP contribution is 2.22. The highest BCUT2D eigenvalue weighted by atomic mass is 79.9. The molecule has 0 aliphatic carbocycles. The zero-order chi connectivity index (χ0) is 21.3. The minimum absolute atomic E-state index is 0.160. The van der Waals surface area contributed by atoms with Gasteiger partial charge in [-0.05, 0) is 48.9 Å². The molecule has 0 atom stereocenters. The van der Waals surface area contributed by atoms with Crippen LogP contribution >= 0.6 is 15.9 Å². The predicted octanol–water partition coefficient (Wildman–Crippen LogP) is 4.54. The average molecular weight is 466 g/mol. The van der Waals surface area contributed by atoms with Crippen molar-refractivity contribution in [3.05, 3.63) is 94.0 Å². The van der Waals surface area contributed by atoms with Gasteiger partial charge in [0.2, 0.25) is 0 Å². The minimum atomic E-state index is -0.318. The van der Waals surface area contributed by atoms with E-state index in [0.717, 1.165) is 15.7 Å². The van der Waals surface area contributed by atoms with Crippen molar-refractivity contribution in [2.24, 2.45) is 5.10 Å². The maximum absolute atomic E-state index is 12.2. The molecule has 0 spiro atoms. The van der Waals surface area contributed by atoms with E-state index in [9.17, 15) is 9.59 Å². The summed E-state index contributed by atoms with van der Waals surface area (Å²) in [5.74, 6) is -0.120. The van der Waals surface area contributed by atoms with E-state index in [-0.39, 0.29) is 18.4 Å². The second-order valence-electron chi connectivity index (χ2n) is 6.40. The Morgan fingerprint density at radius 2 is 1.77 bits per heavy atom. The van der Waals surface area contributed by atoms with Crippen molar-refractivity contribution >= 4 is 39.6 Å². The van der Waals surface area contributed by atoms with E-state index in [4.69, 9.17) is 4.74 Å². The minimum Gasteiger partial charge on any atom is -0.483 e. The number of para-hydroxylation sites is 1. The van der Waals surface area contributed by atoms with Crippen molar-refractivity contribution in [2.75, 3.05) is 11.9 Å². The van der Waals surface area contributed by atoms with E-state index < -0.39 is 0 Å². The summed E-state index contributed by atoms with van der Waals surface area (Å²) in [5, 5.41) is 6.82.